The van der Waals surface area contributed by atoms with E-state index in [9.17, 15) is 4.79 Å². The quantitative estimate of drug-likeness (QED) is 0.870. The lowest BCUT2D eigenvalue weighted by molar-refractivity contribution is 0.0600. The number of hydrogen-bond donors (Lipinski definition) is 1. The average molecular weight is 325 g/mol. The third kappa shape index (κ3) is 3.19. The lowest BCUT2D eigenvalue weighted by atomic mass is 9.97. The fourth-order valence-electron chi connectivity index (χ4n) is 2.81. The predicted octanol–water partition coefficient (Wildman–Crippen LogP) is 3.74. The van der Waals surface area contributed by atoms with E-state index in [4.69, 9.17) is 10.5 Å². The first kappa shape index (κ1) is 15.8. The fraction of sp³-hybridized carbons (Fsp3) is 0.211. The summed E-state index contributed by atoms with van der Waals surface area (Å²) < 4.78 is 4.86. The Hall–Kier alpha value is -2.04. The molecule has 0 radical (unpaired) electrons. The van der Waals surface area contributed by atoms with Crippen molar-refractivity contribution >= 4 is 29.9 Å². The minimum absolute atomic E-state index is 0.157. The molecule has 0 saturated carbocycles. The first-order valence-electron chi connectivity index (χ1n) is 7.55. The molecular formula is C19H19NO2S. The lowest BCUT2D eigenvalue weighted by Crippen LogP contribution is -2.08. The molecule has 3 nitrogen and oxygen atoms in total. The zero-order valence-electron chi connectivity index (χ0n) is 13.0. The smallest absolute Gasteiger partial charge is 0.337 e. The van der Waals surface area contributed by atoms with Crippen molar-refractivity contribution in [1.82, 2.24) is 0 Å². The van der Waals surface area contributed by atoms with Crippen LogP contribution in [-0.4, -0.2) is 25.4 Å². The maximum absolute atomic E-state index is 11.9. The number of benzene rings is 2. The first-order chi connectivity index (χ1) is 11.2. The van der Waals surface area contributed by atoms with Gasteiger partial charge in [-0.2, -0.15) is 0 Å². The topological polar surface area (TPSA) is 52.3 Å². The van der Waals surface area contributed by atoms with Crippen LogP contribution in [0.15, 0.2) is 42.5 Å². The van der Waals surface area contributed by atoms with E-state index in [1.807, 2.05) is 24.3 Å². The molecule has 4 heteroatoms. The average Bonchev–Trinajstić information content (AvgIpc) is 2.75. The summed E-state index contributed by atoms with van der Waals surface area (Å²) in [6.07, 6.45) is 4.24. The monoisotopic (exact) mass is 325 g/mol. The van der Waals surface area contributed by atoms with Crippen LogP contribution in [0.5, 0.6) is 0 Å². The number of rotatable bonds is 4. The summed E-state index contributed by atoms with van der Waals surface area (Å²) in [5.74, 6) is 0.554. The third-order valence-electron chi connectivity index (χ3n) is 3.91. The van der Waals surface area contributed by atoms with Crippen molar-refractivity contribution in [2.24, 2.45) is 5.73 Å². The Bertz CT molecular complexity index is 755. The molecule has 1 aliphatic carbocycles. The van der Waals surface area contributed by atoms with Crippen molar-refractivity contribution in [2.45, 2.75) is 5.25 Å². The minimum Gasteiger partial charge on any atom is -0.465 e. The van der Waals surface area contributed by atoms with Gasteiger partial charge in [-0.15, -0.1) is 11.8 Å². The standard InChI is InChI=1S/C19H19NO2S/c1-22-19(21)15-9-8-14-7-6-13-4-2-3-5-16(13)18(17(14)12-15)23-11-10-20/h2-9,12,18H,10-11,20H2,1H3. The van der Waals surface area contributed by atoms with E-state index < -0.39 is 0 Å². The van der Waals surface area contributed by atoms with Gasteiger partial charge in [0.25, 0.3) is 0 Å². The van der Waals surface area contributed by atoms with Crippen LogP contribution in [0.25, 0.3) is 12.2 Å². The van der Waals surface area contributed by atoms with E-state index in [2.05, 4.69) is 30.4 Å². The molecule has 23 heavy (non-hydrogen) atoms. The predicted molar refractivity (Wildman–Crippen MR) is 96.5 cm³/mol. The van der Waals surface area contributed by atoms with Gasteiger partial charge in [-0.3, -0.25) is 0 Å². The summed E-state index contributed by atoms with van der Waals surface area (Å²) in [6.45, 7) is 0.628. The largest absolute Gasteiger partial charge is 0.465 e. The Kier molecular flexibility index (Phi) is 4.84. The van der Waals surface area contributed by atoms with Crippen LogP contribution in [0, 0.1) is 0 Å². The molecule has 1 aliphatic rings. The van der Waals surface area contributed by atoms with Crippen molar-refractivity contribution in [2.75, 3.05) is 19.4 Å². The second kappa shape index (κ2) is 7.02. The normalized spacial score (nSPS) is 15.5. The molecule has 0 bridgehead atoms. The number of carbonyl (C=O) groups excluding carboxylic acids is 1. The van der Waals surface area contributed by atoms with Crippen molar-refractivity contribution in [3.63, 3.8) is 0 Å². The van der Waals surface area contributed by atoms with Crippen molar-refractivity contribution < 1.29 is 9.53 Å². The number of hydrogen-bond acceptors (Lipinski definition) is 4. The van der Waals surface area contributed by atoms with E-state index in [0.29, 0.717) is 12.1 Å². The molecule has 2 N–H and O–H groups in total. The number of thioether (sulfide) groups is 1. The zero-order chi connectivity index (χ0) is 16.2. The Morgan fingerprint density at radius 3 is 2.61 bits per heavy atom. The van der Waals surface area contributed by atoms with Gasteiger partial charge in [0, 0.05) is 12.3 Å². The number of fused-ring (bicyclic) bond motifs is 2. The molecule has 118 valence electrons. The van der Waals surface area contributed by atoms with Crippen LogP contribution in [-0.2, 0) is 4.74 Å². The highest BCUT2D eigenvalue weighted by atomic mass is 32.2. The second-order valence-electron chi connectivity index (χ2n) is 5.34. The van der Waals surface area contributed by atoms with Crippen molar-refractivity contribution in [3.8, 4) is 0 Å². The molecule has 0 heterocycles. The molecule has 1 unspecified atom stereocenters. The van der Waals surface area contributed by atoms with Crippen LogP contribution in [0.2, 0.25) is 0 Å². The molecule has 1 atom stereocenters. The summed E-state index contributed by atoms with van der Waals surface area (Å²) in [5, 5.41) is 0.157. The van der Waals surface area contributed by atoms with E-state index in [0.717, 1.165) is 16.9 Å². The highest BCUT2D eigenvalue weighted by Gasteiger charge is 2.23. The number of ether oxygens (including phenoxy) is 1. The van der Waals surface area contributed by atoms with Gasteiger partial charge in [-0.25, -0.2) is 4.79 Å². The molecule has 0 aromatic heterocycles. The molecule has 2 aromatic rings. The first-order valence-corrected chi connectivity index (χ1v) is 8.60. The molecule has 3 rings (SSSR count). The zero-order valence-corrected chi connectivity index (χ0v) is 13.8. The maximum Gasteiger partial charge on any atom is 0.337 e. The number of esters is 1. The highest BCUT2D eigenvalue weighted by Crippen LogP contribution is 2.42. The molecule has 2 aromatic carbocycles. The van der Waals surface area contributed by atoms with Crippen LogP contribution in [0.3, 0.4) is 0 Å². The Morgan fingerprint density at radius 1 is 1.13 bits per heavy atom. The van der Waals surface area contributed by atoms with Gasteiger partial charge in [0.1, 0.15) is 0 Å². The van der Waals surface area contributed by atoms with Gasteiger partial charge >= 0.3 is 5.97 Å². The van der Waals surface area contributed by atoms with Gasteiger partial charge < -0.3 is 10.5 Å². The molecule has 0 spiro atoms. The van der Waals surface area contributed by atoms with Crippen molar-refractivity contribution in [1.29, 1.82) is 0 Å². The molecule has 0 saturated heterocycles. The molecule has 0 fully saturated rings. The van der Waals surface area contributed by atoms with E-state index >= 15 is 0 Å². The number of nitrogens with two attached hydrogens (primary N) is 1. The Balaban J connectivity index is 2.13. The third-order valence-corrected chi connectivity index (χ3v) is 5.23. The number of carbonyl (C=O) groups is 1. The summed E-state index contributed by atoms with van der Waals surface area (Å²) >= 11 is 1.81. The Labute approximate surface area is 140 Å². The van der Waals surface area contributed by atoms with Crippen molar-refractivity contribution in [3.05, 3.63) is 70.3 Å². The van der Waals surface area contributed by atoms with Crippen LogP contribution < -0.4 is 5.73 Å². The van der Waals surface area contributed by atoms with Gasteiger partial charge in [-0.05, 0) is 34.4 Å². The fourth-order valence-corrected chi connectivity index (χ4v) is 3.96. The second-order valence-corrected chi connectivity index (χ2v) is 6.55. The van der Waals surface area contributed by atoms with Gasteiger partial charge in [-0.1, -0.05) is 42.5 Å². The Morgan fingerprint density at radius 2 is 1.87 bits per heavy atom. The molecule has 0 aliphatic heterocycles. The van der Waals surface area contributed by atoms with E-state index in [1.54, 1.807) is 11.8 Å². The summed E-state index contributed by atoms with van der Waals surface area (Å²) in [6, 6.07) is 14.1. The lowest BCUT2D eigenvalue weighted by Gasteiger charge is -2.20. The van der Waals surface area contributed by atoms with Crippen LogP contribution in [0.1, 0.15) is 37.9 Å². The summed E-state index contributed by atoms with van der Waals surface area (Å²) in [7, 11) is 1.41. The van der Waals surface area contributed by atoms with Gasteiger partial charge in [0.2, 0.25) is 0 Å². The van der Waals surface area contributed by atoms with Gasteiger partial charge in [0.15, 0.2) is 0 Å². The van der Waals surface area contributed by atoms with Gasteiger partial charge in [0.05, 0.1) is 17.9 Å². The SMILES string of the molecule is COC(=O)c1ccc2c(c1)C(SCCN)c1ccccc1C=C2. The molecule has 0 amide bonds. The summed E-state index contributed by atoms with van der Waals surface area (Å²) in [4.78, 5) is 11.9. The van der Waals surface area contributed by atoms with E-state index in [-0.39, 0.29) is 11.2 Å². The minimum atomic E-state index is -0.308. The summed E-state index contributed by atoms with van der Waals surface area (Å²) in [5.41, 5.74) is 11.0. The molecular weight excluding hydrogens is 306 g/mol. The van der Waals surface area contributed by atoms with E-state index in [1.165, 1.54) is 18.2 Å². The highest BCUT2D eigenvalue weighted by molar-refractivity contribution is 7.99. The van der Waals surface area contributed by atoms with Crippen LogP contribution in [0.4, 0.5) is 0 Å². The maximum atomic E-state index is 11.9. The number of methoxy groups -OCH3 is 1. The van der Waals surface area contributed by atoms with Crippen LogP contribution >= 0.6 is 11.8 Å².